The van der Waals surface area contributed by atoms with Crippen LogP contribution in [0.2, 0.25) is 0 Å². The second-order valence-corrected chi connectivity index (χ2v) is 10.5. The maximum atomic E-state index is 11.1. The molecule has 5 aromatic rings. The molecule has 3 aromatic heterocycles. The summed E-state index contributed by atoms with van der Waals surface area (Å²) in [5.41, 5.74) is 3.14. The number of nitrogens with zero attached hydrogens (tertiary/aromatic N) is 2. The van der Waals surface area contributed by atoms with E-state index >= 15 is 0 Å². The van der Waals surface area contributed by atoms with Crippen LogP contribution in [-0.2, 0) is 17.9 Å². The van der Waals surface area contributed by atoms with Crippen LogP contribution in [0.4, 0.5) is 0 Å². The van der Waals surface area contributed by atoms with Gasteiger partial charge in [0.2, 0.25) is 0 Å². The molecule has 6 nitrogen and oxygen atoms in total. The molecule has 0 saturated heterocycles. The van der Waals surface area contributed by atoms with E-state index in [2.05, 4.69) is 52.4 Å². The molecule has 4 heterocycles. The van der Waals surface area contributed by atoms with Gasteiger partial charge in [0.25, 0.3) is 0 Å². The molecule has 0 fully saturated rings. The van der Waals surface area contributed by atoms with Crippen LogP contribution >= 0.6 is 22.7 Å². The molecule has 176 valence electrons. The van der Waals surface area contributed by atoms with Gasteiger partial charge in [0.1, 0.15) is 28.5 Å². The van der Waals surface area contributed by atoms with E-state index in [4.69, 9.17) is 19.6 Å². The second-order valence-electron chi connectivity index (χ2n) is 8.48. The first-order valence-corrected chi connectivity index (χ1v) is 13.0. The van der Waals surface area contributed by atoms with Gasteiger partial charge in [-0.15, -0.1) is 22.7 Å². The van der Waals surface area contributed by atoms with Crippen LogP contribution in [0, 0.1) is 0 Å². The molecule has 8 heteroatoms. The summed E-state index contributed by atoms with van der Waals surface area (Å²) in [7, 11) is 0. The summed E-state index contributed by atoms with van der Waals surface area (Å²) in [6.07, 6.45) is 0.0708. The molecule has 2 aromatic carbocycles. The predicted molar refractivity (Wildman–Crippen MR) is 138 cm³/mol. The van der Waals surface area contributed by atoms with Crippen LogP contribution in [0.1, 0.15) is 28.3 Å². The van der Waals surface area contributed by atoms with Crippen LogP contribution in [0.25, 0.3) is 21.0 Å². The lowest BCUT2D eigenvalue weighted by molar-refractivity contribution is -0.137. The van der Waals surface area contributed by atoms with Crippen molar-refractivity contribution in [3.63, 3.8) is 0 Å². The van der Waals surface area contributed by atoms with Crippen molar-refractivity contribution >= 4 is 39.0 Å². The SMILES string of the molecule is O=C(O)CC1COc2cc(OCc3cc4nc(-c5cccs5)n(Cc5ccccc5)c4s3)ccc21. The van der Waals surface area contributed by atoms with Crippen molar-refractivity contribution in [3.05, 3.63) is 88.1 Å². The number of carbonyl (C=O) groups is 1. The largest absolute Gasteiger partial charge is 0.492 e. The molecule has 0 bridgehead atoms. The minimum atomic E-state index is -0.816. The summed E-state index contributed by atoms with van der Waals surface area (Å²) in [6, 6.07) is 22.4. The summed E-state index contributed by atoms with van der Waals surface area (Å²) in [4.78, 5) is 19.4. The topological polar surface area (TPSA) is 73.6 Å². The molecule has 0 radical (unpaired) electrons. The zero-order chi connectivity index (χ0) is 23.8. The van der Waals surface area contributed by atoms with Crippen LogP contribution in [0.15, 0.2) is 72.1 Å². The quantitative estimate of drug-likeness (QED) is 0.266. The fourth-order valence-corrected chi connectivity index (χ4v) is 6.15. The number of imidazole rings is 1. The number of hydrogen-bond donors (Lipinski definition) is 1. The highest BCUT2D eigenvalue weighted by atomic mass is 32.1. The smallest absolute Gasteiger partial charge is 0.304 e. The third-order valence-electron chi connectivity index (χ3n) is 6.06. The molecule has 6 rings (SSSR count). The Labute approximate surface area is 210 Å². The number of rotatable bonds is 8. The normalized spacial score (nSPS) is 14.7. The van der Waals surface area contributed by atoms with Crippen molar-refractivity contribution in [2.45, 2.75) is 25.5 Å². The van der Waals surface area contributed by atoms with E-state index in [1.807, 2.05) is 24.3 Å². The first kappa shape index (κ1) is 21.9. The van der Waals surface area contributed by atoms with Gasteiger partial charge in [0.05, 0.1) is 24.4 Å². The van der Waals surface area contributed by atoms with Crippen molar-refractivity contribution in [1.82, 2.24) is 9.55 Å². The third-order valence-corrected chi connectivity index (χ3v) is 8.05. The molecule has 1 unspecified atom stereocenters. The van der Waals surface area contributed by atoms with Crippen molar-refractivity contribution in [3.8, 4) is 22.2 Å². The maximum Gasteiger partial charge on any atom is 0.304 e. The second kappa shape index (κ2) is 9.20. The minimum absolute atomic E-state index is 0.0708. The Morgan fingerprint density at radius 2 is 2.03 bits per heavy atom. The standard InChI is InChI=1S/C27H22N2O4S2/c30-25(31)11-18-15-33-23-12-19(8-9-21(18)23)32-16-20-13-22-27(35-20)29(14-17-5-2-1-3-6-17)26(28-22)24-7-4-10-34-24/h1-10,12-13,18H,11,14-16H2,(H,30,31). The van der Waals surface area contributed by atoms with Gasteiger partial charge in [0, 0.05) is 22.4 Å². The highest BCUT2D eigenvalue weighted by Crippen LogP contribution is 2.39. The molecule has 35 heavy (non-hydrogen) atoms. The average Bonchev–Trinajstić information content (AvgIpc) is 3.64. The van der Waals surface area contributed by atoms with E-state index in [-0.39, 0.29) is 12.3 Å². The Kier molecular flexibility index (Phi) is 5.75. The lowest BCUT2D eigenvalue weighted by atomic mass is 9.98. The molecule has 1 N–H and O–H groups in total. The third kappa shape index (κ3) is 4.42. The van der Waals surface area contributed by atoms with Crippen molar-refractivity contribution in [2.24, 2.45) is 0 Å². The average molecular weight is 503 g/mol. The molecule has 0 saturated carbocycles. The number of hydrogen-bond acceptors (Lipinski definition) is 6. The summed E-state index contributed by atoms with van der Waals surface area (Å²) in [6.45, 7) is 1.58. The Morgan fingerprint density at radius 3 is 2.83 bits per heavy atom. The number of carboxylic acid groups (broad SMARTS) is 1. The molecule has 1 atom stereocenters. The van der Waals surface area contributed by atoms with Crippen molar-refractivity contribution in [1.29, 1.82) is 0 Å². The summed E-state index contributed by atoms with van der Waals surface area (Å²) < 4.78 is 14.1. The van der Waals surface area contributed by atoms with Gasteiger partial charge < -0.3 is 19.1 Å². The zero-order valence-corrected chi connectivity index (χ0v) is 20.3. The van der Waals surface area contributed by atoms with E-state index in [0.29, 0.717) is 24.7 Å². The summed E-state index contributed by atoms with van der Waals surface area (Å²) in [5.74, 6) is 1.48. The number of thiophene rings is 2. The van der Waals surface area contributed by atoms with Crippen molar-refractivity contribution in [2.75, 3.05) is 6.61 Å². The Hall–Kier alpha value is -3.62. The Morgan fingerprint density at radius 1 is 1.14 bits per heavy atom. The van der Waals surface area contributed by atoms with Crippen LogP contribution in [-0.4, -0.2) is 27.2 Å². The first-order chi connectivity index (χ1) is 17.1. The van der Waals surface area contributed by atoms with Gasteiger partial charge in [-0.05, 0) is 29.1 Å². The fourth-order valence-electron chi connectivity index (χ4n) is 4.42. The van der Waals surface area contributed by atoms with Crippen molar-refractivity contribution < 1.29 is 19.4 Å². The first-order valence-electron chi connectivity index (χ1n) is 11.3. The molecular weight excluding hydrogens is 480 g/mol. The minimum Gasteiger partial charge on any atom is -0.492 e. The highest BCUT2D eigenvalue weighted by Gasteiger charge is 2.26. The number of aromatic nitrogens is 2. The number of carboxylic acids is 1. The molecule has 0 aliphatic carbocycles. The van der Waals surface area contributed by atoms with E-state index in [1.165, 1.54) is 5.56 Å². The molecule has 0 spiro atoms. The van der Waals surface area contributed by atoms with Gasteiger partial charge in [0.15, 0.2) is 5.82 Å². The zero-order valence-electron chi connectivity index (χ0n) is 18.7. The Bertz CT molecular complexity index is 1490. The summed E-state index contributed by atoms with van der Waals surface area (Å²) in [5, 5.41) is 11.2. The van der Waals surface area contributed by atoms with Gasteiger partial charge in [-0.3, -0.25) is 4.79 Å². The lowest BCUT2D eigenvalue weighted by Crippen LogP contribution is -2.07. The van der Waals surface area contributed by atoms with Gasteiger partial charge in [-0.1, -0.05) is 42.5 Å². The van der Waals surface area contributed by atoms with E-state index in [9.17, 15) is 4.79 Å². The predicted octanol–water partition coefficient (Wildman–Crippen LogP) is 6.40. The molecule has 1 aliphatic rings. The Balaban J connectivity index is 1.24. The fraction of sp³-hybridized carbons (Fsp3) is 0.185. The molecule has 1 aliphatic heterocycles. The van der Waals surface area contributed by atoms with Crippen LogP contribution < -0.4 is 9.47 Å². The van der Waals surface area contributed by atoms with E-state index < -0.39 is 5.97 Å². The van der Waals surface area contributed by atoms with E-state index in [1.54, 1.807) is 22.7 Å². The van der Waals surface area contributed by atoms with Gasteiger partial charge in [-0.25, -0.2) is 4.98 Å². The van der Waals surface area contributed by atoms with Gasteiger partial charge >= 0.3 is 5.97 Å². The molecule has 0 amide bonds. The van der Waals surface area contributed by atoms with Crippen LogP contribution in [0.5, 0.6) is 11.5 Å². The lowest BCUT2D eigenvalue weighted by Gasteiger charge is -2.09. The van der Waals surface area contributed by atoms with Crippen LogP contribution in [0.3, 0.4) is 0 Å². The van der Waals surface area contributed by atoms with E-state index in [0.717, 1.165) is 38.0 Å². The summed E-state index contributed by atoms with van der Waals surface area (Å²) >= 11 is 3.39. The number of ether oxygens (including phenoxy) is 2. The van der Waals surface area contributed by atoms with Gasteiger partial charge in [-0.2, -0.15) is 0 Å². The highest BCUT2D eigenvalue weighted by molar-refractivity contribution is 7.18. The molecular formula is C27H22N2O4S2. The number of fused-ring (bicyclic) bond motifs is 2. The monoisotopic (exact) mass is 502 g/mol. The number of aliphatic carboxylic acids is 1. The maximum absolute atomic E-state index is 11.1. The number of benzene rings is 2.